The minimum absolute atomic E-state index is 1.11. The van der Waals surface area contributed by atoms with Crippen molar-refractivity contribution in [1.82, 2.24) is 0 Å². The summed E-state index contributed by atoms with van der Waals surface area (Å²) in [7, 11) is 0. The van der Waals surface area contributed by atoms with Gasteiger partial charge in [-0.2, -0.15) is 0 Å². The molecule has 0 atom stereocenters. The maximum absolute atomic E-state index is 2.41. The van der Waals surface area contributed by atoms with Gasteiger partial charge in [-0.3, -0.25) is 0 Å². The monoisotopic (exact) mass is 679 g/mol. The molecule has 2 heteroatoms. The molecule has 1 aromatic heterocycles. The molecule has 0 bridgehead atoms. The van der Waals surface area contributed by atoms with Crippen LogP contribution in [0.2, 0.25) is 0 Å². The fourth-order valence-electron chi connectivity index (χ4n) is 7.76. The van der Waals surface area contributed by atoms with Crippen molar-refractivity contribution in [3.8, 4) is 33.4 Å². The van der Waals surface area contributed by atoms with Crippen LogP contribution in [-0.4, -0.2) is 0 Å². The molecule has 0 radical (unpaired) electrons. The largest absolute Gasteiger partial charge is 0.310 e. The van der Waals surface area contributed by atoms with Gasteiger partial charge in [0, 0.05) is 36.9 Å². The third kappa shape index (κ3) is 5.24. The minimum Gasteiger partial charge on any atom is -0.310 e. The van der Waals surface area contributed by atoms with Crippen molar-refractivity contribution in [3.63, 3.8) is 0 Å². The maximum Gasteiger partial charge on any atom is 0.0540 e. The number of benzene rings is 9. The number of anilines is 3. The lowest BCUT2D eigenvalue weighted by molar-refractivity contribution is 1.30. The van der Waals surface area contributed by atoms with Gasteiger partial charge in [0.1, 0.15) is 0 Å². The predicted molar refractivity (Wildman–Crippen MR) is 225 cm³/mol. The van der Waals surface area contributed by atoms with Gasteiger partial charge >= 0.3 is 0 Å². The van der Waals surface area contributed by atoms with Gasteiger partial charge in [-0.1, -0.05) is 152 Å². The van der Waals surface area contributed by atoms with Crippen LogP contribution < -0.4 is 4.90 Å². The van der Waals surface area contributed by atoms with Crippen molar-refractivity contribution in [2.75, 3.05) is 4.90 Å². The second kappa shape index (κ2) is 12.7. The fourth-order valence-corrected chi connectivity index (χ4v) is 8.89. The first-order valence-electron chi connectivity index (χ1n) is 17.8. The number of hydrogen-bond donors (Lipinski definition) is 0. The molecule has 1 heterocycles. The van der Waals surface area contributed by atoms with Crippen molar-refractivity contribution in [2.24, 2.45) is 0 Å². The first-order valence-corrected chi connectivity index (χ1v) is 18.6. The smallest absolute Gasteiger partial charge is 0.0540 e. The molecule has 0 fully saturated rings. The van der Waals surface area contributed by atoms with Gasteiger partial charge in [0.25, 0.3) is 0 Å². The Kier molecular flexibility index (Phi) is 7.41. The Bertz CT molecular complexity index is 2890. The highest BCUT2D eigenvalue weighted by atomic mass is 32.1. The van der Waals surface area contributed by atoms with E-state index < -0.39 is 0 Å². The summed E-state index contributed by atoms with van der Waals surface area (Å²) in [4.78, 5) is 2.41. The average molecular weight is 680 g/mol. The van der Waals surface area contributed by atoms with Crippen LogP contribution in [0.3, 0.4) is 0 Å². The van der Waals surface area contributed by atoms with Gasteiger partial charge in [0.2, 0.25) is 0 Å². The van der Waals surface area contributed by atoms with Crippen LogP contribution in [0.4, 0.5) is 17.1 Å². The molecule has 0 unspecified atom stereocenters. The second-order valence-electron chi connectivity index (χ2n) is 13.3. The second-order valence-corrected chi connectivity index (χ2v) is 14.4. The number of nitrogens with zero attached hydrogens (tertiary/aromatic N) is 1. The molecule has 10 aromatic rings. The van der Waals surface area contributed by atoms with E-state index in [0.717, 1.165) is 17.1 Å². The Labute approximate surface area is 307 Å². The third-order valence-electron chi connectivity index (χ3n) is 10.3. The molecule has 0 amide bonds. The standard InChI is InChI=1S/C50H33NS/c1-3-13-34(14-4-1)36-25-27-39(28-26-36)51(40-19-11-17-37(31-40)35-15-5-2-6-16-35)48-30-29-43(41-20-7-8-21-44(41)48)42-23-12-18-38-32-47-45-22-9-10-24-49(45)52-50(47)33-46(38)42/h1-33H. The number of thiophene rings is 1. The highest BCUT2D eigenvalue weighted by Crippen LogP contribution is 2.45. The summed E-state index contributed by atoms with van der Waals surface area (Å²) in [5.41, 5.74) is 10.7. The van der Waals surface area contributed by atoms with Crippen LogP contribution in [0.5, 0.6) is 0 Å². The lowest BCUT2D eigenvalue weighted by Crippen LogP contribution is -2.10. The Morgan fingerprint density at radius 3 is 1.71 bits per heavy atom. The van der Waals surface area contributed by atoms with E-state index in [-0.39, 0.29) is 0 Å². The lowest BCUT2D eigenvalue weighted by Gasteiger charge is -2.28. The van der Waals surface area contributed by atoms with Crippen LogP contribution in [-0.2, 0) is 0 Å². The van der Waals surface area contributed by atoms with Gasteiger partial charge in [-0.25, -0.2) is 0 Å². The Hall–Kier alpha value is -6.48. The van der Waals surface area contributed by atoms with Crippen molar-refractivity contribution < 1.29 is 0 Å². The molecule has 0 N–H and O–H groups in total. The molecular weight excluding hydrogens is 647 g/mol. The van der Waals surface area contributed by atoms with Crippen LogP contribution in [0, 0.1) is 0 Å². The molecule has 0 saturated heterocycles. The molecule has 0 aliphatic rings. The Morgan fingerprint density at radius 2 is 0.923 bits per heavy atom. The molecule has 0 spiro atoms. The van der Waals surface area contributed by atoms with Gasteiger partial charge in [-0.15, -0.1) is 11.3 Å². The van der Waals surface area contributed by atoms with E-state index in [1.807, 2.05) is 11.3 Å². The molecular formula is C50H33NS. The van der Waals surface area contributed by atoms with E-state index in [1.165, 1.54) is 75.1 Å². The zero-order valence-electron chi connectivity index (χ0n) is 28.4. The molecule has 0 aliphatic heterocycles. The Morgan fingerprint density at radius 1 is 0.308 bits per heavy atom. The highest BCUT2D eigenvalue weighted by molar-refractivity contribution is 7.25. The molecule has 1 nitrogen and oxygen atoms in total. The first-order chi connectivity index (χ1) is 25.8. The van der Waals surface area contributed by atoms with E-state index in [0.29, 0.717) is 0 Å². The molecule has 9 aromatic carbocycles. The van der Waals surface area contributed by atoms with Gasteiger partial charge in [0.05, 0.1) is 5.69 Å². The summed E-state index contributed by atoms with van der Waals surface area (Å²) in [6.45, 7) is 0. The SMILES string of the molecule is c1ccc(-c2ccc(N(c3cccc(-c4ccccc4)c3)c3ccc(-c4cccc5cc6c(cc45)sc4ccccc46)c4ccccc34)cc2)cc1. The fraction of sp³-hybridized carbons (Fsp3) is 0. The van der Waals surface area contributed by atoms with Gasteiger partial charge in [-0.05, 0) is 98.1 Å². The van der Waals surface area contributed by atoms with Gasteiger partial charge in [0.15, 0.2) is 0 Å². The molecule has 0 aliphatic carbocycles. The van der Waals surface area contributed by atoms with Crippen LogP contribution >= 0.6 is 11.3 Å². The number of hydrogen-bond acceptors (Lipinski definition) is 2. The number of fused-ring (bicyclic) bond motifs is 5. The minimum atomic E-state index is 1.11. The Balaban J connectivity index is 1.16. The summed E-state index contributed by atoms with van der Waals surface area (Å²) in [6.07, 6.45) is 0. The van der Waals surface area contributed by atoms with Crippen molar-refractivity contribution in [1.29, 1.82) is 0 Å². The average Bonchev–Trinajstić information content (AvgIpc) is 3.58. The zero-order valence-corrected chi connectivity index (χ0v) is 29.2. The highest BCUT2D eigenvalue weighted by Gasteiger charge is 2.19. The van der Waals surface area contributed by atoms with Crippen molar-refractivity contribution >= 4 is 70.1 Å². The first kappa shape index (κ1) is 30.4. The van der Waals surface area contributed by atoms with E-state index in [4.69, 9.17) is 0 Å². The lowest BCUT2D eigenvalue weighted by atomic mass is 9.92. The van der Waals surface area contributed by atoms with Crippen molar-refractivity contribution in [2.45, 2.75) is 0 Å². The van der Waals surface area contributed by atoms with Crippen molar-refractivity contribution in [3.05, 3.63) is 200 Å². The normalized spacial score (nSPS) is 11.5. The molecule has 10 rings (SSSR count). The molecule has 0 saturated carbocycles. The predicted octanol–water partition coefficient (Wildman–Crippen LogP) is 14.8. The van der Waals surface area contributed by atoms with Crippen LogP contribution in [0.15, 0.2) is 200 Å². The number of rotatable bonds is 6. The molecule has 244 valence electrons. The third-order valence-corrected chi connectivity index (χ3v) is 11.4. The van der Waals surface area contributed by atoms with E-state index >= 15 is 0 Å². The summed E-state index contributed by atoms with van der Waals surface area (Å²) in [6, 6.07) is 72.9. The summed E-state index contributed by atoms with van der Waals surface area (Å²) < 4.78 is 2.66. The van der Waals surface area contributed by atoms with E-state index in [9.17, 15) is 0 Å². The van der Waals surface area contributed by atoms with Crippen LogP contribution in [0.25, 0.3) is 75.1 Å². The quantitative estimate of drug-likeness (QED) is 0.169. The topological polar surface area (TPSA) is 3.24 Å². The van der Waals surface area contributed by atoms with E-state index in [2.05, 4.69) is 205 Å². The van der Waals surface area contributed by atoms with Gasteiger partial charge < -0.3 is 4.90 Å². The van der Waals surface area contributed by atoms with E-state index in [1.54, 1.807) is 0 Å². The maximum atomic E-state index is 2.41. The van der Waals surface area contributed by atoms with Crippen LogP contribution in [0.1, 0.15) is 0 Å². The summed E-state index contributed by atoms with van der Waals surface area (Å²) in [5, 5.41) is 7.64. The summed E-state index contributed by atoms with van der Waals surface area (Å²) >= 11 is 1.88. The molecule has 52 heavy (non-hydrogen) atoms. The summed E-state index contributed by atoms with van der Waals surface area (Å²) in [5.74, 6) is 0. The zero-order chi connectivity index (χ0) is 34.4.